The van der Waals surface area contributed by atoms with Crippen molar-refractivity contribution in [2.75, 3.05) is 0 Å². The van der Waals surface area contributed by atoms with Gasteiger partial charge in [0.1, 0.15) is 5.95 Å². The Morgan fingerprint density at radius 3 is 2.39 bits per heavy atom. The van der Waals surface area contributed by atoms with E-state index in [1.807, 2.05) is 30.3 Å². The van der Waals surface area contributed by atoms with Crippen LogP contribution in [0, 0.1) is 18.1 Å². The summed E-state index contributed by atoms with van der Waals surface area (Å²) in [5.74, 6) is -0.216. The third-order valence-corrected chi connectivity index (χ3v) is 9.47. The maximum atomic E-state index is 13.9. The Bertz CT molecular complexity index is 1540. The molecular formula is C29H27FN4PtSi. The molecule has 0 unspecified atom stereocenters. The first-order valence-electron chi connectivity index (χ1n) is 11.7. The van der Waals surface area contributed by atoms with E-state index in [4.69, 9.17) is 10.1 Å². The number of fused-ring (bicyclic) bond motifs is 1. The summed E-state index contributed by atoms with van der Waals surface area (Å²) in [5, 5.41) is 7.99. The van der Waals surface area contributed by atoms with Crippen molar-refractivity contribution in [1.82, 2.24) is 19.7 Å². The number of hydrogen-bond donors (Lipinski definition) is 0. The summed E-state index contributed by atoms with van der Waals surface area (Å²) in [6.45, 7) is 11.1. The minimum atomic E-state index is -2.35. The SMILES string of the molecule is CC(C)(C)c1cc[c-]c(-c2cccc([Si](C)(C)c3nn(-c4[c-]ccc(F)n4)c4ccccc34)n2)c1.[Pt+2]. The molecule has 5 rings (SSSR count). The van der Waals surface area contributed by atoms with Crippen molar-refractivity contribution >= 4 is 29.6 Å². The van der Waals surface area contributed by atoms with Gasteiger partial charge in [-0.05, 0) is 23.2 Å². The summed E-state index contributed by atoms with van der Waals surface area (Å²) >= 11 is 0. The van der Waals surface area contributed by atoms with Gasteiger partial charge >= 0.3 is 21.1 Å². The molecule has 0 N–H and O–H groups in total. The average molecular weight is 674 g/mol. The number of hydrogen-bond acceptors (Lipinski definition) is 3. The van der Waals surface area contributed by atoms with Crippen LogP contribution in [0.4, 0.5) is 4.39 Å². The van der Waals surface area contributed by atoms with Crippen molar-refractivity contribution in [3.63, 3.8) is 0 Å². The van der Waals surface area contributed by atoms with Gasteiger partial charge in [-0.2, -0.15) is 11.2 Å². The van der Waals surface area contributed by atoms with E-state index < -0.39 is 14.0 Å². The topological polar surface area (TPSA) is 43.6 Å². The molecule has 0 aliphatic rings. The van der Waals surface area contributed by atoms with E-state index in [1.165, 1.54) is 17.7 Å². The van der Waals surface area contributed by atoms with Crippen LogP contribution in [-0.2, 0) is 26.5 Å². The number of nitrogens with zero attached hydrogens (tertiary/aromatic N) is 4. The minimum Gasteiger partial charge on any atom is -0.306 e. The first kappa shape index (κ1) is 26.1. The molecule has 0 bridgehead atoms. The number of rotatable bonds is 4. The van der Waals surface area contributed by atoms with Crippen molar-refractivity contribution in [3.8, 4) is 17.1 Å². The number of pyridine rings is 2. The maximum Gasteiger partial charge on any atom is 2.00 e. The quantitative estimate of drug-likeness (QED) is 0.147. The van der Waals surface area contributed by atoms with Crippen LogP contribution in [0.1, 0.15) is 26.3 Å². The standard InChI is InChI=1S/C29H27FN4Si.Pt/c1-29(2,3)21-12-8-11-20(19-21)23-14-9-18-27(31-23)35(4,5)28-22-13-6-7-15-24(22)34(33-28)26-17-10-16-25(30)32-26;/h6-10,12-16,18-19H,1-5H3;/q-2;+2. The molecule has 0 amide bonds. The van der Waals surface area contributed by atoms with Crippen LogP contribution in [0.25, 0.3) is 28.0 Å². The van der Waals surface area contributed by atoms with E-state index in [9.17, 15) is 4.39 Å². The Kier molecular flexibility index (Phi) is 7.13. The normalized spacial score (nSPS) is 11.9. The van der Waals surface area contributed by atoms with Gasteiger partial charge in [-0.25, -0.2) is 26.2 Å². The number of halogens is 1. The number of para-hydroxylation sites is 1. The van der Waals surface area contributed by atoms with Crippen molar-refractivity contribution in [3.05, 3.63) is 96.4 Å². The van der Waals surface area contributed by atoms with Crippen LogP contribution < -0.4 is 10.6 Å². The molecule has 4 nitrogen and oxygen atoms in total. The Morgan fingerprint density at radius 1 is 0.889 bits per heavy atom. The van der Waals surface area contributed by atoms with Gasteiger partial charge in [-0.3, -0.25) is 0 Å². The third kappa shape index (κ3) is 4.85. The molecular weight excluding hydrogens is 647 g/mol. The zero-order chi connectivity index (χ0) is 24.8. The van der Waals surface area contributed by atoms with E-state index in [1.54, 1.807) is 4.68 Å². The minimum absolute atomic E-state index is 0. The van der Waals surface area contributed by atoms with Gasteiger partial charge in [0.25, 0.3) is 0 Å². The number of aromatic nitrogens is 4. The maximum absolute atomic E-state index is 13.9. The summed E-state index contributed by atoms with van der Waals surface area (Å²) in [4.78, 5) is 9.13. The van der Waals surface area contributed by atoms with E-state index in [0.29, 0.717) is 5.82 Å². The zero-order valence-electron chi connectivity index (χ0n) is 20.9. The van der Waals surface area contributed by atoms with E-state index >= 15 is 0 Å². The van der Waals surface area contributed by atoms with Crippen LogP contribution >= 0.6 is 0 Å². The molecule has 7 heteroatoms. The van der Waals surface area contributed by atoms with Crippen LogP contribution in [0.5, 0.6) is 0 Å². The molecule has 2 aromatic carbocycles. The second-order valence-electron chi connectivity index (χ2n) is 10.3. The van der Waals surface area contributed by atoms with E-state index in [2.05, 4.69) is 81.3 Å². The Morgan fingerprint density at radius 2 is 1.64 bits per heavy atom. The van der Waals surface area contributed by atoms with E-state index in [-0.39, 0.29) is 26.5 Å². The molecule has 36 heavy (non-hydrogen) atoms. The monoisotopic (exact) mass is 673 g/mol. The summed E-state index contributed by atoms with van der Waals surface area (Å²) in [7, 11) is -2.35. The van der Waals surface area contributed by atoms with Crippen molar-refractivity contribution in [1.29, 1.82) is 0 Å². The third-order valence-electron chi connectivity index (χ3n) is 6.36. The molecule has 0 radical (unpaired) electrons. The Balaban J connectivity index is 0.00000304. The van der Waals surface area contributed by atoms with Crippen molar-refractivity contribution < 1.29 is 25.5 Å². The predicted octanol–water partition coefficient (Wildman–Crippen LogP) is 5.34. The predicted molar refractivity (Wildman–Crippen MR) is 142 cm³/mol. The fraction of sp³-hybridized carbons (Fsp3) is 0.207. The molecule has 0 aliphatic heterocycles. The Labute approximate surface area is 226 Å². The smallest absolute Gasteiger partial charge is 0.306 e. The van der Waals surface area contributed by atoms with Crippen LogP contribution in [0.2, 0.25) is 13.1 Å². The summed E-state index contributed by atoms with van der Waals surface area (Å²) in [6.07, 6.45) is 0. The second-order valence-corrected chi connectivity index (χ2v) is 14.5. The summed E-state index contributed by atoms with van der Waals surface area (Å²) in [5.41, 5.74) is 4.05. The molecule has 0 atom stereocenters. The summed E-state index contributed by atoms with van der Waals surface area (Å²) in [6, 6.07) is 29.6. The molecule has 184 valence electrons. The molecule has 0 saturated heterocycles. The van der Waals surface area contributed by atoms with Gasteiger partial charge in [0.2, 0.25) is 0 Å². The fourth-order valence-corrected chi connectivity index (χ4v) is 6.68. The van der Waals surface area contributed by atoms with E-state index in [0.717, 1.165) is 32.8 Å². The average Bonchev–Trinajstić information content (AvgIpc) is 3.24. The molecule has 0 spiro atoms. The second kappa shape index (κ2) is 9.83. The van der Waals surface area contributed by atoms with Crippen molar-refractivity contribution in [2.45, 2.75) is 39.3 Å². The Hall–Kier alpha value is -2.95. The fourth-order valence-electron chi connectivity index (χ4n) is 4.29. The van der Waals surface area contributed by atoms with Gasteiger partial charge in [-0.1, -0.05) is 64.2 Å². The van der Waals surface area contributed by atoms with Crippen molar-refractivity contribution in [2.24, 2.45) is 0 Å². The van der Waals surface area contributed by atoms with Gasteiger partial charge in [0, 0.05) is 10.7 Å². The first-order chi connectivity index (χ1) is 16.6. The molecule has 3 heterocycles. The van der Waals surface area contributed by atoms with Crippen LogP contribution in [0.3, 0.4) is 0 Å². The van der Waals surface area contributed by atoms with Gasteiger partial charge < -0.3 is 4.98 Å². The summed E-state index contributed by atoms with van der Waals surface area (Å²) < 4.78 is 15.6. The number of benzene rings is 2. The molecule has 5 aromatic rings. The van der Waals surface area contributed by atoms with Crippen LogP contribution in [-0.4, -0.2) is 27.8 Å². The van der Waals surface area contributed by atoms with Crippen LogP contribution in [0.15, 0.2) is 72.8 Å². The molecule has 3 aromatic heterocycles. The van der Waals surface area contributed by atoms with Gasteiger partial charge in [-0.15, -0.1) is 35.4 Å². The van der Waals surface area contributed by atoms with Gasteiger partial charge in [0.05, 0.1) is 16.7 Å². The first-order valence-corrected chi connectivity index (χ1v) is 14.7. The van der Waals surface area contributed by atoms with Gasteiger partial charge in [0.15, 0.2) is 8.07 Å². The molecule has 0 saturated carbocycles. The molecule has 0 aliphatic carbocycles. The molecule has 0 fully saturated rings. The zero-order valence-corrected chi connectivity index (χ0v) is 24.2. The largest absolute Gasteiger partial charge is 2.00 e.